The summed E-state index contributed by atoms with van der Waals surface area (Å²) < 4.78 is 0. The molecule has 0 spiro atoms. The molecule has 20 heavy (non-hydrogen) atoms. The Morgan fingerprint density at radius 2 is 1.80 bits per heavy atom. The first-order valence-corrected chi connectivity index (χ1v) is 7.35. The summed E-state index contributed by atoms with van der Waals surface area (Å²) in [5, 5.41) is 2.87. The minimum atomic E-state index is 0.0738. The molecule has 4 nitrogen and oxygen atoms in total. The summed E-state index contributed by atoms with van der Waals surface area (Å²) in [5.74, 6) is 0.189. The highest BCUT2D eigenvalue weighted by atomic mass is 16.2. The molecule has 0 bridgehead atoms. The number of benzene rings is 1. The van der Waals surface area contributed by atoms with E-state index in [-0.39, 0.29) is 11.8 Å². The van der Waals surface area contributed by atoms with Crippen LogP contribution in [0.2, 0.25) is 0 Å². The van der Waals surface area contributed by atoms with Crippen LogP contribution in [0.5, 0.6) is 0 Å². The van der Waals surface area contributed by atoms with Gasteiger partial charge in [0.2, 0.25) is 5.91 Å². The highest BCUT2D eigenvalue weighted by Crippen LogP contribution is 2.13. The van der Waals surface area contributed by atoms with Gasteiger partial charge in [-0.05, 0) is 37.0 Å². The molecular formula is C16H22N2O2. The first-order valence-electron chi connectivity index (χ1n) is 7.35. The fraction of sp³-hybridized carbons (Fsp3) is 0.500. The van der Waals surface area contributed by atoms with E-state index in [9.17, 15) is 9.59 Å². The van der Waals surface area contributed by atoms with Gasteiger partial charge in [0, 0.05) is 31.6 Å². The monoisotopic (exact) mass is 274 g/mol. The van der Waals surface area contributed by atoms with E-state index in [1.807, 2.05) is 36.1 Å². The van der Waals surface area contributed by atoms with Gasteiger partial charge in [-0.2, -0.15) is 0 Å². The number of nitrogens with zero attached hydrogens (tertiary/aromatic N) is 1. The van der Waals surface area contributed by atoms with Gasteiger partial charge >= 0.3 is 0 Å². The molecule has 2 rings (SSSR count). The van der Waals surface area contributed by atoms with E-state index < -0.39 is 0 Å². The van der Waals surface area contributed by atoms with Crippen molar-refractivity contribution in [1.82, 2.24) is 10.2 Å². The van der Waals surface area contributed by atoms with E-state index >= 15 is 0 Å². The summed E-state index contributed by atoms with van der Waals surface area (Å²) in [7, 11) is 0. The van der Waals surface area contributed by atoms with Gasteiger partial charge in [-0.3, -0.25) is 9.59 Å². The normalized spacial score (nSPS) is 14.3. The zero-order valence-electron chi connectivity index (χ0n) is 12.0. The lowest BCUT2D eigenvalue weighted by Crippen LogP contribution is -2.27. The number of hydrogen-bond donors (Lipinski definition) is 1. The van der Waals surface area contributed by atoms with Crippen molar-refractivity contribution in [2.75, 3.05) is 13.1 Å². The number of carbonyl (C=O) groups is 2. The Bertz CT molecular complexity index is 462. The van der Waals surface area contributed by atoms with Crippen molar-refractivity contribution in [1.29, 1.82) is 0 Å². The maximum absolute atomic E-state index is 12.2. The first-order chi connectivity index (χ1) is 9.70. The van der Waals surface area contributed by atoms with E-state index in [1.165, 1.54) is 0 Å². The molecule has 0 saturated carbocycles. The van der Waals surface area contributed by atoms with Crippen molar-refractivity contribution >= 4 is 11.8 Å². The molecule has 0 radical (unpaired) electrons. The first kappa shape index (κ1) is 14.6. The highest BCUT2D eigenvalue weighted by Gasteiger charge is 2.19. The number of hydrogen-bond acceptors (Lipinski definition) is 2. The SMILES string of the molecule is CCCC(=O)NCc1ccc(C(=O)N2CCCC2)cc1. The highest BCUT2D eigenvalue weighted by molar-refractivity contribution is 5.94. The molecule has 1 saturated heterocycles. The lowest BCUT2D eigenvalue weighted by atomic mass is 10.1. The Labute approximate surface area is 120 Å². The predicted molar refractivity (Wildman–Crippen MR) is 78.3 cm³/mol. The molecule has 0 unspecified atom stereocenters. The molecule has 1 N–H and O–H groups in total. The quantitative estimate of drug-likeness (QED) is 0.896. The van der Waals surface area contributed by atoms with Crippen molar-refractivity contribution in [2.24, 2.45) is 0 Å². The molecule has 1 heterocycles. The van der Waals surface area contributed by atoms with Crippen molar-refractivity contribution < 1.29 is 9.59 Å². The molecule has 108 valence electrons. The topological polar surface area (TPSA) is 49.4 Å². The minimum Gasteiger partial charge on any atom is -0.352 e. The summed E-state index contributed by atoms with van der Waals surface area (Å²) in [4.78, 5) is 25.5. The van der Waals surface area contributed by atoms with E-state index in [1.54, 1.807) is 0 Å². The Hall–Kier alpha value is -1.84. The number of nitrogens with one attached hydrogen (secondary N) is 1. The van der Waals surface area contributed by atoms with E-state index in [0.717, 1.165) is 43.5 Å². The maximum Gasteiger partial charge on any atom is 0.253 e. The molecule has 2 amide bonds. The van der Waals surface area contributed by atoms with Crippen LogP contribution in [0.1, 0.15) is 48.5 Å². The third kappa shape index (κ3) is 3.83. The molecule has 1 aliphatic rings. The summed E-state index contributed by atoms with van der Waals surface area (Å²) in [5.41, 5.74) is 1.75. The fourth-order valence-corrected chi connectivity index (χ4v) is 2.38. The van der Waals surface area contributed by atoms with Crippen LogP contribution in [0.4, 0.5) is 0 Å². The van der Waals surface area contributed by atoms with E-state index in [0.29, 0.717) is 13.0 Å². The molecule has 0 aliphatic carbocycles. The zero-order valence-corrected chi connectivity index (χ0v) is 12.0. The Morgan fingerprint density at radius 3 is 2.40 bits per heavy atom. The fourth-order valence-electron chi connectivity index (χ4n) is 2.38. The van der Waals surface area contributed by atoms with E-state index in [4.69, 9.17) is 0 Å². The Balaban J connectivity index is 1.89. The molecule has 1 aliphatic heterocycles. The average molecular weight is 274 g/mol. The number of amides is 2. The second-order valence-corrected chi connectivity index (χ2v) is 5.22. The van der Waals surface area contributed by atoms with Gasteiger partial charge in [0.25, 0.3) is 5.91 Å². The van der Waals surface area contributed by atoms with Gasteiger partial charge < -0.3 is 10.2 Å². The van der Waals surface area contributed by atoms with Crippen LogP contribution in [0.25, 0.3) is 0 Å². The standard InChI is InChI=1S/C16H22N2O2/c1-2-5-15(19)17-12-13-6-8-14(9-7-13)16(20)18-10-3-4-11-18/h6-9H,2-5,10-12H2,1H3,(H,17,19). The van der Waals surface area contributed by atoms with Crippen molar-refractivity contribution in [2.45, 2.75) is 39.2 Å². The lowest BCUT2D eigenvalue weighted by molar-refractivity contribution is -0.121. The third-order valence-electron chi connectivity index (χ3n) is 3.56. The second-order valence-electron chi connectivity index (χ2n) is 5.22. The van der Waals surface area contributed by atoms with Gasteiger partial charge in [0.1, 0.15) is 0 Å². The van der Waals surface area contributed by atoms with Crippen LogP contribution < -0.4 is 5.32 Å². The van der Waals surface area contributed by atoms with Crippen LogP contribution in [0.15, 0.2) is 24.3 Å². The number of likely N-dealkylation sites (tertiary alicyclic amines) is 1. The largest absolute Gasteiger partial charge is 0.352 e. The molecule has 4 heteroatoms. The predicted octanol–water partition coefficient (Wildman–Crippen LogP) is 2.34. The molecule has 1 aromatic carbocycles. The van der Waals surface area contributed by atoms with Gasteiger partial charge in [-0.25, -0.2) is 0 Å². The molecule has 0 aromatic heterocycles. The van der Waals surface area contributed by atoms with Crippen LogP contribution in [-0.2, 0) is 11.3 Å². The average Bonchev–Trinajstić information content (AvgIpc) is 2.99. The van der Waals surface area contributed by atoms with Crippen molar-refractivity contribution in [3.8, 4) is 0 Å². The summed E-state index contributed by atoms with van der Waals surface area (Å²) in [6.45, 7) is 4.25. The number of rotatable bonds is 5. The van der Waals surface area contributed by atoms with Gasteiger partial charge in [-0.15, -0.1) is 0 Å². The summed E-state index contributed by atoms with van der Waals surface area (Å²) in [6, 6.07) is 7.52. The van der Waals surface area contributed by atoms with Crippen LogP contribution in [0, 0.1) is 0 Å². The van der Waals surface area contributed by atoms with Crippen LogP contribution >= 0.6 is 0 Å². The van der Waals surface area contributed by atoms with Crippen LogP contribution in [0.3, 0.4) is 0 Å². The van der Waals surface area contributed by atoms with Gasteiger partial charge in [0.05, 0.1) is 0 Å². The summed E-state index contributed by atoms with van der Waals surface area (Å²) >= 11 is 0. The maximum atomic E-state index is 12.2. The minimum absolute atomic E-state index is 0.0738. The molecular weight excluding hydrogens is 252 g/mol. The Morgan fingerprint density at radius 1 is 1.15 bits per heavy atom. The van der Waals surface area contributed by atoms with Crippen LogP contribution in [-0.4, -0.2) is 29.8 Å². The third-order valence-corrected chi connectivity index (χ3v) is 3.56. The second kappa shape index (κ2) is 7.08. The Kier molecular flexibility index (Phi) is 5.16. The molecule has 1 fully saturated rings. The van der Waals surface area contributed by atoms with E-state index in [2.05, 4.69) is 5.32 Å². The molecule has 0 atom stereocenters. The van der Waals surface area contributed by atoms with Gasteiger partial charge in [0.15, 0.2) is 0 Å². The smallest absolute Gasteiger partial charge is 0.253 e. The van der Waals surface area contributed by atoms with Gasteiger partial charge in [-0.1, -0.05) is 19.1 Å². The number of carbonyl (C=O) groups excluding carboxylic acids is 2. The summed E-state index contributed by atoms with van der Waals surface area (Å²) in [6.07, 6.45) is 3.63. The molecule has 1 aromatic rings. The lowest BCUT2D eigenvalue weighted by Gasteiger charge is -2.15. The van der Waals surface area contributed by atoms with Crippen molar-refractivity contribution in [3.63, 3.8) is 0 Å². The zero-order chi connectivity index (χ0) is 14.4. The van der Waals surface area contributed by atoms with Crippen molar-refractivity contribution in [3.05, 3.63) is 35.4 Å².